The third-order valence-corrected chi connectivity index (χ3v) is 3.34. The number of aromatic nitrogens is 6. The summed E-state index contributed by atoms with van der Waals surface area (Å²) < 4.78 is 10.4. The van der Waals surface area contributed by atoms with E-state index in [0.29, 0.717) is 29.8 Å². The number of aromatic amines is 1. The largest absolute Gasteiger partial charge is 0.448 e. The van der Waals surface area contributed by atoms with Crippen molar-refractivity contribution >= 4 is 5.91 Å². The first-order valence-corrected chi connectivity index (χ1v) is 7.45. The summed E-state index contributed by atoms with van der Waals surface area (Å²) >= 11 is 0. The minimum atomic E-state index is -0.447. The number of aryl methyl sites for hydroxylation is 1. The first-order chi connectivity index (χ1) is 11.5. The summed E-state index contributed by atoms with van der Waals surface area (Å²) in [6.45, 7) is 5.75. The zero-order valence-corrected chi connectivity index (χ0v) is 13.5. The lowest BCUT2D eigenvalue weighted by Gasteiger charge is -2.16. The molecule has 126 valence electrons. The van der Waals surface area contributed by atoms with Crippen molar-refractivity contribution in [1.82, 2.24) is 35.6 Å². The molecular formula is C14H17N7O3. The molecule has 0 bridgehead atoms. The molecule has 0 spiro atoms. The number of hydrogen-bond acceptors (Lipinski definition) is 8. The highest BCUT2D eigenvalue weighted by molar-refractivity contribution is 5.93. The number of H-pyrrole nitrogens is 1. The Morgan fingerprint density at radius 2 is 2.21 bits per heavy atom. The average Bonchev–Trinajstić information content (AvgIpc) is 3.27. The molecule has 0 aliphatic rings. The molecule has 1 amide bonds. The first kappa shape index (κ1) is 15.8. The van der Waals surface area contributed by atoms with Crippen LogP contribution >= 0.6 is 0 Å². The Morgan fingerprint density at radius 3 is 2.83 bits per heavy atom. The summed E-state index contributed by atoms with van der Waals surface area (Å²) in [6.07, 6.45) is 3.21. The van der Waals surface area contributed by atoms with Crippen molar-refractivity contribution < 1.29 is 13.7 Å². The molecular weight excluding hydrogens is 314 g/mol. The van der Waals surface area contributed by atoms with Gasteiger partial charge in [-0.05, 0) is 19.3 Å². The van der Waals surface area contributed by atoms with Crippen LogP contribution in [0.15, 0.2) is 21.7 Å². The van der Waals surface area contributed by atoms with E-state index < -0.39 is 6.04 Å². The topological polar surface area (TPSA) is 136 Å². The van der Waals surface area contributed by atoms with Gasteiger partial charge in [0, 0.05) is 0 Å². The van der Waals surface area contributed by atoms with E-state index in [1.807, 2.05) is 13.8 Å². The number of oxazole rings is 1. The third-order valence-electron chi connectivity index (χ3n) is 3.34. The van der Waals surface area contributed by atoms with Crippen molar-refractivity contribution in [3.05, 3.63) is 30.1 Å². The van der Waals surface area contributed by atoms with Gasteiger partial charge in [-0.3, -0.25) is 9.89 Å². The van der Waals surface area contributed by atoms with Gasteiger partial charge < -0.3 is 14.3 Å². The second-order valence-corrected chi connectivity index (χ2v) is 5.70. The summed E-state index contributed by atoms with van der Waals surface area (Å²) in [5.41, 5.74) is 0.235. The fourth-order valence-corrected chi connectivity index (χ4v) is 2.23. The molecule has 3 heterocycles. The lowest BCUT2D eigenvalue weighted by atomic mass is 10.0. The van der Waals surface area contributed by atoms with Gasteiger partial charge in [-0.15, -0.1) is 0 Å². The third kappa shape index (κ3) is 3.31. The van der Waals surface area contributed by atoms with Gasteiger partial charge in [-0.2, -0.15) is 10.1 Å². The lowest BCUT2D eigenvalue weighted by molar-refractivity contribution is 0.0916. The molecule has 2 N–H and O–H groups in total. The normalized spacial score (nSPS) is 12.5. The second kappa shape index (κ2) is 6.60. The first-order valence-electron chi connectivity index (χ1n) is 7.45. The molecule has 10 heteroatoms. The monoisotopic (exact) mass is 331 g/mol. The van der Waals surface area contributed by atoms with Crippen LogP contribution in [0.5, 0.6) is 0 Å². The summed E-state index contributed by atoms with van der Waals surface area (Å²) in [6, 6.07) is -0.447. The number of amides is 1. The maximum absolute atomic E-state index is 12.4. The summed E-state index contributed by atoms with van der Waals surface area (Å²) in [5, 5.41) is 13.1. The molecule has 0 radical (unpaired) electrons. The van der Waals surface area contributed by atoms with Gasteiger partial charge in [0.15, 0.2) is 17.9 Å². The maximum Gasteiger partial charge on any atom is 0.274 e. The van der Waals surface area contributed by atoms with Crippen LogP contribution in [0.2, 0.25) is 0 Å². The van der Waals surface area contributed by atoms with Crippen LogP contribution in [-0.4, -0.2) is 36.2 Å². The molecule has 1 atom stereocenters. The van der Waals surface area contributed by atoms with E-state index in [1.165, 1.54) is 12.7 Å². The highest BCUT2D eigenvalue weighted by Crippen LogP contribution is 2.22. The average molecular weight is 331 g/mol. The number of carbonyl (C=O) groups excluding carboxylic acids is 1. The van der Waals surface area contributed by atoms with Crippen LogP contribution in [0.3, 0.4) is 0 Å². The van der Waals surface area contributed by atoms with Crippen molar-refractivity contribution in [2.24, 2.45) is 5.92 Å². The molecule has 24 heavy (non-hydrogen) atoms. The Bertz CT molecular complexity index is 806. The van der Waals surface area contributed by atoms with E-state index in [9.17, 15) is 4.79 Å². The molecule has 0 aromatic carbocycles. The molecule has 3 aromatic heterocycles. The van der Waals surface area contributed by atoms with E-state index in [-0.39, 0.29) is 17.4 Å². The molecule has 0 saturated carbocycles. The van der Waals surface area contributed by atoms with Crippen molar-refractivity contribution in [2.75, 3.05) is 0 Å². The molecule has 3 rings (SSSR count). The van der Waals surface area contributed by atoms with Gasteiger partial charge in [0.2, 0.25) is 11.7 Å². The van der Waals surface area contributed by atoms with Crippen molar-refractivity contribution in [1.29, 1.82) is 0 Å². The highest BCUT2D eigenvalue weighted by Gasteiger charge is 2.25. The predicted molar refractivity (Wildman–Crippen MR) is 80.6 cm³/mol. The van der Waals surface area contributed by atoms with Gasteiger partial charge in [0.1, 0.15) is 18.1 Å². The fourth-order valence-electron chi connectivity index (χ4n) is 2.23. The van der Waals surface area contributed by atoms with Gasteiger partial charge in [-0.1, -0.05) is 19.0 Å². The number of nitrogens with one attached hydrogen (secondary N) is 2. The van der Waals surface area contributed by atoms with Crippen LogP contribution in [0.4, 0.5) is 0 Å². The van der Waals surface area contributed by atoms with Crippen LogP contribution in [0, 0.1) is 12.8 Å². The molecule has 0 aliphatic heterocycles. The lowest BCUT2D eigenvalue weighted by Crippen LogP contribution is -2.30. The fraction of sp³-hybridized carbons (Fsp3) is 0.429. The minimum absolute atomic E-state index is 0.235. The Labute approximate surface area is 137 Å². The van der Waals surface area contributed by atoms with E-state index >= 15 is 0 Å². The van der Waals surface area contributed by atoms with Crippen LogP contribution in [-0.2, 0) is 0 Å². The van der Waals surface area contributed by atoms with E-state index in [4.69, 9.17) is 8.94 Å². The summed E-state index contributed by atoms with van der Waals surface area (Å²) in [7, 11) is 0. The maximum atomic E-state index is 12.4. The van der Waals surface area contributed by atoms with Crippen LogP contribution in [0.1, 0.15) is 48.4 Å². The van der Waals surface area contributed by atoms with E-state index in [2.05, 4.69) is 35.6 Å². The number of carbonyl (C=O) groups is 1. The molecule has 0 unspecified atom stereocenters. The Hall–Kier alpha value is -3.04. The minimum Gasteiger partial charge on any atom is -0.448 e. The van der Waals surface area contributed by atoms with Crippen LogP contribution in [0.25, 0.3) is 11.6 Å². The Morgan fingerprint density at radius 1 is 1.38 bits per heavy atom. The molecule has 3 aromatic rings. The Kier molecular flexibility index (Phi) is 4.36. The zero-order chi connectivity index (χ0) is 17.1. The van der Waals surface area contributed by atoms with Gasteiger partial charge in [0.25, 0.3) is 5.91 Å². The number of hydrogen-bond donors (Lipinski definition) is 2. The molecule has 0 fully saturated rings. The summed E-state index contributed by atoms with van der Waals surface area (Å²) in [4.78, 5) is 24.6. The number of rotatable bonds is 6. The van der Waals surface area contributed by atoms with E-state index in [1.54, 1.807) is 6.92 Å². The summed E-state index contributed by atoms with van der Waals surface area (Å²) in [5.74, 6) is 1.36. The zero-order valence-electron chi connectivity index (χ0n) is 13.5. The SMILES string of the molecule is Cc1ocnc1C(=O)N[C@@H](CC(C)C)c1nc(-c2ncn[nH]2)no1. The smallest absolute Gasteiger partial charge is 0.274 e. The van der Waals surface area contributed by atoms with E-state index in [0.717, 1.165) is 0 Å². The predicted octanol–water partition coefficient (Wildman–Crippen LogP) is 1.67. The Balaban J connectivity index is 1.81. The highest BCUT2D eigenvalue weighted by atomic mass is 16.5. The van der Waals surface area contributed by atoms with Crippen LogP contribution < -0.4 is 5.32 Å². The quantitative estimate of drug-likeness (QED) is 0.696. The van der Waals surface area contributed by atoms with Gasteiger partial charge in [-0.25, -0.2) is 9.97 Å². The molecule has 0 aliphatic carbocycles. The number of nitrogens with zero attached hydrogens (tertiary/aromatic N) is 5. The standard InChI is InChI=1S/C14H17N7O3/c1-7(2)4-9(18-13(22)10-8(3)23-6-16-10)14-19-12(21-24-14)11-15-5-17-20-11/h5-7,9H,4H2,1-3H3,(H,18,22)(H,15,17,20)/t9-/m0/s1. The van der Waals surface area contributed by atoms with Gasteiger partial charge >= 0.3 is 0 Å². The van der Waals surface area contributed by atoms with Gasteiger partial charge in [0.05, 0.1) is 0 Å². The van der Waals surface area contributed by atoms with Crippen molar-refractivity contribution in [2.45, 2.75) is 33.2 Å². The molecule has 10 nitrogen and oxygen atoms in total. The van der Waals surface area contributed by atoms with Crippen molar-refractivity contribution in [3.8, 4) is 11.6 Å². The van der Waals surface area contributed by atoms with Crippen molar-refractivity contribution in [3.63, 3.8) is 0 Å². The second-order valence-electron chi connectivity index (χ2n) is 5.70. The molecule has 0 saturated heterocycles.